The highest BCUT2D eigenvalue weighted by atomic mass is 15.0. The third kappa shape index (κ3) is 2.88. The van der Waals surface area contributed by atoms with E-state index < -0.39 is 0 Å². The largest absolute Gasteiger partial charge is 0.309 e. The van der Waals surface area contributed by atoms with E-state index in [4.69, 9.17) is 0 Å². The fraction of sp³-hybridized carbons (Fsp3) is 0.0323. The molecule has 4 aromatic carbocycles. The highest BCUT2D eigenvalue weighted by Crippen LogP contribution is 2.39. The van der Waals surface area contributed by atoms with Crippen molar-refractivity contribution in [2.75, 3.05) is 0 Å². The molecular formula is C31H24N2. The Hall–Kier alpha value is -4.30. The van der Waals surface area contributed by atoms with Gasteiger partial charge in [-0.25, -0.2) is 0 Å². The second kappa shape index (κ2) is 7.68. The van der Waals surface area contributed by atoms with Crippen LogP contribution in [0.2, 0.25) is 0 Å². The molecule has 0 saturated carbocycles. The first-order valence-electron chi connectivity index (χ1n) is 11.3. The molecule has 0 aliphatic rings. The summed E-state index contributed by atoms with van der Waals surface area (Å²) in [4.78, 5) is 0. The van der Waals surface area contributed by atoms with Gasteiger partial charge < -0.3 is 9.13 Å². The van der Waals surface area contributed by atoms with E-state index in [1.807, 2.05) is 6.08 Å². The fourth-order valence-electron chi connectivity index (χ4n) is 5.04. The van der Waals surface area contributed by atoms with E-state index in [1.54, 1.807) is 0 Å². The van der Waals surface area contributed by atoms with E-state index in [1.165, 1.54) is 38.4 Å². The smallest absolute Gasteiger partial charge is 0.0562 e. The van der Waals surface area contributed by atoms with Crippen LogP contribution in [0.5, 0.6) is 0 Å². The first-order chi connectivity index (χ1) is 16.3. The maximum atomic E-state index is 4.17. The summed E-state index contributed by atoms with van der Waals surface area (Å²) in [5.74, 6) is 0. The molecule has 2 heteroatoms. The van der Waals surface area contributed by atoms with Gasteiger partial charge in [0.2, 0.25) is 0 Å². The first kappa shape index (κ1) is 19.4. The predicted octanol–water partition coefficient (Wildman–Crippen LogP) is 8.40. The van der Waals surface area contributed by atoms with E-state index in [0.29, 0.717) is 0 Å². The predicted molar refractivity (Wildman–Crippen MR) is 142 cm³/mol. The van der Waals surface area contributed by atoms with Gasteiger partial charge in [0, 0.05) is 33.1 Å². The number of rotatable bonds is 4. The zero-order valence-electron chi connectivity index (χ0n) is 18.6. The van der Waals surface area contributed by atoms with Crippen molar-refractivity contribution < 1.29 is 0 Å². The standard InChI is InChI=1S/C31H24N2/c1-3-13-28-24(4-2)26-20-27-25-18-11-12-19-29(25)33(23-16-9-6-10-17-23)31(27)21-30(26)32(28)22-14-7-5-8-15-22/h3-21H,2H2,1H3/b13-3-. The van der Waals surface area contributed by atoms with Gasteiger partial charge in [0.15, 0.2) is 0 Å². The summed E-state index contributed by atoms with van der Waals surface area (Å²) < 4.78 is 4.72. The highest BCUT2D eigenvalue weighted by molar-refractivity contribution is 6.15. The molecule has 0 fully saturated rings. The SMILES string of the molecule is C=Cc1c(/C=C\C)n(-c2ccccc2)c2cc3c(cc12)c1ccccc1n3-c1ccccc1. The number of hydrogen-bond donors (Lipinski definition) is 0. The summed E-state index contributed by atoms with van der Waals surface area (Å²) in [6.45, 7) is 6.24. The van der Waals surface area contributed by atoms with Crippen molar-refractivity contribution in [1.82, 2.24) is 9.13 Å². The van der Waals surface area contributed by atoms with Crippen molar-refractivity contribution in [3.05, 3.63) is 121 Å². The lowest BCUT2D eigenvalue weighted by Gasteiger charge is -2.10. The molecule has 6 aromatic rings. The van der Waals surface area contributed by atoms with E-state index >= 15 is 0 Å². The molecule has 2 heterocycles. The van der Waals surface area contributed by atoms with Crippen LogP contribution in [0.3, 0.4) is 0 Å². The molecule has 0 spiro atoms. The van der Waals surface area contributed by atoms with Crippen molar-refractivity contribution in [2.45, 2.75) is 6.92 Å². The van der Waals surface area contributed by atoms with Crippen LogP contribution in [-0.2, 0) is 0 Å². The van der Waals surface area contributed by atoms with Crippen molar-refractivity contribution in [2.24, 2.45) is 0 Å². The molecule has 0 aliphatic heterocycles. The first-order valence-corrected chi connectivity index (χ1v) is 11.3. The molecule has 0 unspecified atom stereocenters. The molecule has 0 saturated heterocycles. The van der Waals surface area contributed by atoms with Gasteiger partial charge in [0.05, 0.1) is 22.2 Å². The van der Waals surface area contributed by atoms with Crippen LogP contribution in [0.15, 0.2) is 110 Å². The van der Waals surface area contributed by atoms with Gasteiger partial charge in [-0.2, -0.15) is 0 Å². The zero-order chi connectivity index (χ0) is 22.4. The molecule has 0 aliphatic carbocycles. The lowest BCUT2D eigenvalue weighted by molar-refractivity contribution is 1.10. The average Bonchev–Trinajstić information content (AvgIpc) is 3.35. The summed E-state index contributed by atoms with van der Waals surface area (Å²) in [6.07, 6.45) is 6.26. The van der Waals surface area contributed by atoms with Gasteiger partial charge in [-0.05, 0) is 55.5 Å². The van der Waals surface area contributed by atoms with Gasteiger partial charge in [-0.3, -0.25) is 0 Å². The van der Waals surface area contributed by atoms with Gasteiger partial charge >= 0.3 is 0 Å². The van der Waals surface area contributed by atoms with Crippen LogP contribution in [0, 0.1) is 0 Å². The Morgan fingerprint density at radius 3 is 1.88 bits per heavy atom. The van der Waals surface area contributed by atoms with Crippen LogP contribution in [0.4, 0.5) is 0 Å². The summed E-state index contributed by atoms with van der Waals surface area (Å²) in [7, 11) is 0. The maximum absolute atomic E-state index is 4.17. The molecule has 0 N–H and O–H groups in total. The van der Waals surface area contributed by atoms with Crippen LogP contribution in [0.1, 0.15) is 18.2 Å². The van der Waals surface area contributed by atoms with Gasteiger partial charge in [0.1, 0.15) is 0 Å². The number of allylic oxidation sites excluding steroid dienone is 1. The Labute approximate surface area is 193 Å². The highest BCUT2D eigenvalue weighted by Gasteiger charge is 2.19. The molecule has 0 atom stereocenters. The Morgan fingerprint density at radius 1 is 0.606 bits per heavy atom. The molecule has 33 heavy (non-hydrogen) atoms. The van der Waals surface area contributed by atoms with Gasteiger partial charge in [-0.15, -0.1) is 0 Å². The number of para-hydroxylation sites is 3. The van der Waals surface area contributed by atoms with Gasteiger partial charge in [0.25, 0.3) is 0 Å². The molecule has 0 bridgehead atoms. The summed E-state index contributed by atoms with van der Waals surface area (Å²) >= 11 is 0. The number of aromatic nitrogens is 2. The Balaban J connectivity index is 1.83. The Bertz CT molecular complexity index is 1660. The van der Waals surface area contributed by atoms with Crippen LogP contribution >= 0.6 is 0 Å². The van der Waals surface area contributed by atoms with Crippen LogP contribution in [0.25, 0.3) is 56.2 Å². The van der Waals surface area contributed by atoms with Crippen molar-refractivity contribution in [1.29, 1.82) is 0 Å². The second-order valence-electron chi connectivity index (χ2n) is 8.25. The lowest BCUT2D eigenvalue weighted by Crippen LogP contribution is -1.97. The fourth-order valence-corrected chi connectivity index (χ4v) is 5.04. The number of benzene rings is 4. The minimum atomic E-state index is 1.14. The molecule has 2 nitrogen and oxygen atoms in total. The van der Waals surface area contributed by atoms with Crippen molar-refractivity contribution in [3.63, 3.8) is 0 Å². The minimum absolute atomic E-state index is 1.14. The number of fused-ring (bicyclic) bond motifs is 4. The van der Waals surface area contributed by atoms with E-state index in [0.717, 1.165) is 16.9 Å². The Morgan fingerprint density at radius 2 is 1.21 bits per heavy atom. The molecule has 0 radical (unpaired) electrons. The van der Waals surface area contributed by atoms with E-state index in [-0.39, 0.29) is 0 Å². The van der Waals surface area contributed by atoms with Crippen molar-refractivity contribution in [3.8, 4) is 11.4 Å². The summed E-state index contributed by atoms with van der Waals surface area (Å²) in [5.41, 5.74) is 8.21. The second-order valence-corrected chi connectivity index (χ2v) is 8.25. The van der Waals surface area contributed by atoms with E-state index in [2.05, 4.69) is 132 Å². The third-order valence-electron chi connectivity index (χ3n) is 6.40. The monoisotopic (exact) mass is 424 g/mol. The normalized spacial score (nSPS) is 11.8. The van der Waals surface area contributed by atoms with Crippen LogP contribution < -0.4 is 0 Å². The maximum Gasteiger partial charge on any atom is 0.0562 e. The molecule has 2 aromatic heterocycles. The number of hydrogen-bond acceptors (Lipinski definition) is 0. The Kier molecular flexibility index (Phi) is 4.51. The van der Waals surface area contributed by atoms with Crippen molar-refractivity contribution >= 4 is 44.9 Å². The van der Waals surface area contributed by atoms with E-state index in [9.17, 15) is 0 Å². The molecule has 6 rings (SSSR count). The summed E-state index contributed by atoms with van der Waals surface area (Å²) in [6, 6.07) is 34.5. The quantitative estimate of drug-likeness (QED) is 0.269. The van der Waals surface area contributed by atoms with Gasteiger partial charge in [-0.1, -0.05) is 73.3 Å². The average molecular weight is 425 g/mol. The number of nitrogens with zero attached hydrogens (tertiary/aromatic N) is 2. The lowest BCUT2D eigenvalue weighted by atomic mass is 10.1. The molecule has 158 valence electrons. The summed E-state index contributed by atoms with van der Waals surface area (Å²) in [5, 5.41) is 3.72. The molecule has 0 amide bonds. The molecular weight excluding hydrogens is 400 g/mol. The third-order valence-corrected chi connectivity index (χ3v) is 6.40. The zero-order valence-corrected chi connectivity index (χ0v) is 18.6. The minimum Gasteiger partial charge on any atom is -0.309 e. The van der Waals surface area contributed by atoms with Crippen LogP contribution in [-0.4, -0.2) is 9.13 Å². The topological polar surface area (TPSA) is 9.86 Å².